The molecule has 2 aromatic heterocycles. The molecule has 0 aliphatic carbocycles. The van der Waals surface area contributed by atoms with E-state index < -0.39 is 0 Å². The summed E-state index contributed by atoms with van der Waals surface area (Å²) in [5, 5.41) is 3.64. The minimum atomic E-state index is 0.312. The van der Waals surface area contributed by atoms with E-state index in [0.717, 1.165) is 44.6 Å². The minimum absolute atomic E-state index is 0.312. The quantitative estimate of drug-likeness (QED) is 0.768. The summed E-state index contributed by atoms with van der Waals surface area (Å²) in [6.45, 7) is 6.46. The lowest BCUT2D eigenvalue weighted by atomic mass is 10.1. The Hall–Kier alpha value is -1.68. The number of nitrogens with zero attached hydrogens (tertiary/aromatic N) is 3. The van der Waals surface area contributed by atoms with Gasteiger partial charge in [0.15, 0.2) is 0 Å². The van der Waals surface area contributed by atoms with Crippen molar-refractivity contribution in [3.05, 3.63) is 48.3 Å². The van der Waals surface area contributed by atoms with E-state index in [1.807, 2.05) is 24.7 Å². The van der Waals surface area contributed by atoms with Gasteiger partial charge in [0.1, 0.15) is 5.82 Å². The fraction of sp³-hybridized carbons (Fsp3) is 0.529. The van der Waals surface area contributed by atoms with E-state index >= 15 is 0 Å². The van der Waals surface area contributed by atoms with E-state index in [2.05, 4.69) is 46.0 Å². The Bertz CT molecular complexity index is 507. The first-order chi connectivity index (χ1) is 10.3. The normalized spacial score (nSPS) is 12.5. The molecule has 4 heteroatoms. The van der Waals surface area contributed by atoms with Crippen LogP contribution in [0, 0.1) is 0 Å². The van der Waals surface area contributed by atoms with E-state index in [-0.39, 0.29) is 0 Å². The van der Waals surface area contributed by atoms with E-state index in [4.69, 9.17) is 0 Å². The Labute approximate surface area is 127 Å². The number of hydrogen-bond acceptors (Lipinski definition) is 3. The summed E-state index contributed by atoms with van der Waals surface area (Å²) in [5.74, 6) is 1.16. The molecule has 0 fully saturated rings. The predicted octanol–water partition coefficient (Wildman–Crippen LogP) is 3.36. The molecular weight excluding hydrogens is 260 g/mol. The van der Waals surface area contributed by atoms with Crippen molar-refractivity contribution < 1.29 is 0 Å². The monoisotopic (exact) mass is 286 g/mol. The van der Waals surface area contributed by atoms with Crippen LogP contribution in [0.1, 0.15) is 50.5 Å². The highest BCUT2D eigenvalue weighted by Gasteiger charge is 2.16. The van der Waals surface area contributed by atoms with Gasteiger partial charge in [-0.3, -0.25) is 4.98 Å². The summed E-state index contributed by atoms with van der Waals surface area (Å²) in [6.07, 6.45) is 12.1. The molecule has 0 bridgehead atoms. The highest BCUT2D eigenvalue weighted by Crippen LogP contribution is 2.18. The van der Waals surface area contributed by atoms with Gasteiger partial charge in [0, 0.05) is 31.3 Å². The molecule has 0 aliphatic rings. The van der Waals surface area contributed by atoms with Crippen LogP contribution in [-0.4, -0.2) is 21.1 Å². The molecule has 2 rings (SSSR count). The highest BCUT2D eigenvalue weighted by atomic mass is 15.1. The van der Waals surface area contributed by atoms with Gasteiger partial charge in [-0.25, -0.2) is 4.98 Å². The van der Waals surface area contributed by atoms with Gasteiger partial charge in [0.2, 0.25) is 0 Å². The van der Waals surface area contributed by atoms with Crippen molar-refractivity contribution in [2.75, 3.05) is 6.54 Å². The molecule has 4 nitrogen and oxygen atoms in total. The Morgan fingerprint density at radius 1 is 1.24 bits per heavy atom. The van der Waals surface area contributed by atoms with Gasteiger partial charge in [0.05, 0.1) is 6.04 Å². The third-order valence-corrected chi connectivity index (χ3v) is 3.61. The van der Waals surface area contributed by atoms with Crippen molar-refractivity contribution >= 4 is 0 Å². The summed E-state index contributed by atoms with van der Waals surface area (Å²) in [4.78, 5) is 8.78. The zero-order valence-electron chi connectivity index (χ0n) is 13.1. The second kappa shape index (κ2) is 8.57. The highest BCUT2D eigenvalue weighted by molar-refractivity contribution is 5.10. The first-order valence-electron chi connectivity index (χ1n) is 7.98. The fourth-order valence-electron chi connectivity index (χ4n) is 2.56. The SMILES string of the molecule is CCCNC(CCc1cccnc1)c1nccn1CCC. The van der Waals surface area contributed by atoms with Crippen LogP contribution in [0.5, 0.6) is 0 Å². The molecule has 2 heterocycles. The summed E-state index contributed by atoms with van der Waals surface area (Å²) in [5.41, 5.74) is 1.29. The number of rotatable bonds is 9. The fourth-order valence-corrected chi connectivity index (χ4v) is 2.56. The third-order valence-electron chi connectivity index (χ3n) is 3.61. The van der Waals surface area contributed by atoms with Crippen molar-refractivity contribution in [2.24, 2.45) is 0 Å². The summed E-state index contributed by atoms with van der Waals surface area (Å²) >= 11 is 0. The number of imidazole rings is 1. The minimum Gasteiger partial charge on any atom is -0.334 e. The largest absolute Gasteiger partial charge is 0.334 e. The van der Waals surface area contributed by atoms with E-state index in [0.29, 0.717) is 6.04 Å². The first-order valence-corrected chi connectivity index (χ1v) is 7.98. The Balaban J connectivity index is 2.04. The Kier molecular flexibility index (Phi) is 6.41. The molecule has 1 unspecified atom stereocenters. The van der Waals surface area contributed by atoms with Gasteiger partial charge in [-0.1, -0.05) is 19.9 Å². The van der Waals surface area contributed by atoms with Gasteiger partial charge in [-0.15, -0.1) is 0 Å². The molecule has 0 radical (unpaired) electrons. The second-order valence-electron chi connectivity index (χ2n) is 5.39. The molecule has 114 valence electrons. The summed E-state index contributed by atoms with van der Waals surface area (Å²) < 4.78 is 2.27. The number of nitrogens with one attached hydrogen (secondary N) is 1. The molecular formula is C17H26N4. The Morgan fingerprint density at radius 3 is 2.86 bits per heavy atom. The number of aromatic nitrogens is 3. The molecule has 1 N–H and O–H groups in total. The van der Waals surface area contributed by atoms with E-state index in [1.165, 1.54) is 5.56 Å². The van der Waals surface area contributed by atoms with Gasteiger partial charge < -0.3 is 9.88 Å². The summed E-state index contributed by atoms with van der Waals surface area (Å²) in [6, 6.07) is 4.45. The van der Waals surface area contributed by atoms with Crippen LogP contribution in [0.15, 0.2) is 36.9 Å². The average molecular weight is 286 g/mol. The number of aryl methyl sites for hydroxylation is 2. The maximum atomic E-state index is 4.59. The van der Waals surface area contributed by atoms with Crippen LogP contribution >= 0.6 is 0 Å². The second-order valence-corrected chi connectivity index (χ2v) is 5.39. The molecule has 0 saturated heterocycles. The van der Waals surface area contributed by atoms with Crippen molar-refractivity contribution in [3.63, 3.8) is 0 Å². The standard InChI is InChI=1S/C17H26N4/c1-3-9-19-16(8-7-15-6-5-10-18-14-15)17-20-11-13-21(17)12-4-2/h5-6,10-11,13-14,16,19H,3-4,7-9,12H2,1-2H3. The molecule has 0 spiro atoms. The van der Waals surface area contributed by atoms with E-state index in [1.54, 1.807) is 0 Å². The van der Waals surface area contributed by atoms with Crippen LogP contribution in [0.3, 0.4) is 0 Å². The molecule has 21 heavy (non-hydrogen) atoms. The molecule has 2 aromatic rings. The zero-order chi connectivity index (χ0) is 14.9. The summed E-state index contributed by atoms with van der Waals surface area (Å²) in [7, 11) is 0. The van der Waals surface area contributed by atoms with Gasteiger partial charge >= 0.3 is 0 Å². The Morgan fingerprint density at radius 2 is 2.14 bits per heavy atom. The zero-order valence-corrected chi connectivity index (χ0v) is 13.1. The van der Waals surface area contributed by atoms with Crippen molar-refractivity contribution in [2.45, 2.75) is 52.1 Å². The first kappa shape index (κ1) is 15.7. The molecule has 0 amide bonds. The average Bonchev–Trinajstić information content (AvgIpc) is 2.97. The third kappa shape index (κ3) is 4.67. The van der Waals surface area contributed by atoms with Gasteiger partial charge in [-0.05, 0) is 43.9 Å². The van der Waals surface area contributed by atoms with Crippen LogP contribution in [-0.2, 0) is 13.0 Å². The van der Waals surface area contributed by atoms with Crippen molar-refractivity contribution in [1.29, 1.82) is 0 Å². The lowest BCUT2D eigenvalue weighted by molar-refractivity contribution is 0.453. The van der Waals surface area contributed by atoms with Crippen molar-refractivity contribution in [1.82, 2.24) is 19.9 Å². The topological polar surface area (TPSA) is 42.7 Å². The smallest absolute Gasteiger partial charge is 0.125 e. The molecule has 0 aromatic carbocycles. The van der Waals surface area contributed by atoms with Crippen LogP contribution in [0.2, 0.25) is 0 Å². The molecule has 0 saturated carbocycles. The van der Waals surface area contributed by atoms with Gasteiger partial charge in [-0.2, -0.15) is 0 Å². The predicted molar refractivity (Wildman–Crippen MR) is 86.1 cm³/mol. The van der Waals surface area contributed by atoms with Crippen LogP contribution < -0.4 is 5.32 Å². The molecule has 0 aliphatic heterocycles. The lowest BCUT2D eigenvalue weighted by Gasteiger charge is -2.19. The van der Waals surface area contributed by atoms with Crippen molar-refractivity contribution in [3.8, 4) is 0 Å². The van der Waals surface area contributed by atoms with Crippen LogP contribution in [0.25, 0.3) is 0 Å². The number of hydrogen-bond donors (Lipinski definition) is 1. The van der Waals surface area contributed by atoms with Gasteiger partial charge in [0.25, 0.3) is 0 Å². The lowest BCUT2D eigenvalue weighted by Crippen LogP contribution is -2.26. The maximum absolute atomic E-state index is 4.59. The van der Waals surface area contributed by atoms with Crippen LogP contribution in [0.4, 0.5) is 0 Å². The number of pyridine rings is 1. The maximum Gasteiger partial charge on any atom is 0.125 e. The van der Waals surface area contributed by atoms with E-state index in [9.17, 15) is 0 Å². The molecule has 1 atom stereocenters.